The van der Waals surface area contributed by atoms with Crippen LogP contribution in [0.25, 0.3) is 0 Å². The van der Waals surface area contributed by atoms with Gasteiger partial charge in [0.05, 0.1) is 13.7 Å². The van der Waals surface area contributed by atoms with Crippen molar-refractivity contribution in [2.75, 3.05) is 13.7 Å². The molecule has 2 N–H and O–H groups in total. The van der Waals surface area contributed by atoms with E-state index in [1.165, 1.54) is 11.1 Å². The van der Waals surface area contributed by atoms with Crippen molar-refractivity contribution in [2.45, 2.75) is 26.7 Å². The summed E-state index contributed by atoms with van der Waals surface area (Å²) in [6.45, 7) is 6.73. The largest absolute Gasteiger partial charge is 0.496 e. The first kappa shape index (κ1) is 12.0. The van der Waals surface area contributed by atoms with Gasteiger partial charge in [-0.05, 0) is 36.6 Å². The normalized spacial score (nSPS) is 12.6. The van der Waals surface area contributed by atoms with E-state index in [1.807, 2.05) is 0 Å². The van der Waals surface area contributed by atoms with Crippen molar-refractivity contribution in [3.05, 3.63) is 28.8 Å². The molecule has 84 valence electrons. The number of benzene rings is 1. The molecule has 1 unspecified atom stereocenters. The lowest BCUT2D eigenvalue weighted by Gasteiger charge is -2.16. The Kier molecular flexibility index (Phi) is 4.12. The van der Waals surface area contributed by atoms with Gasteiger partial charge in [-0.2, -0.15) is 0 Å². The highest BCUT2D eigenvalue weighted by atomic mass is 16.6. The predicted molar refractivity (Wildman–Crippen MR) is 61.0 cm³/mol. The molecule has 0 fully saturated rings. The highest BCUT2D eigenvalue weighted by Crippen LogP contribution is 2.29. The van der Waals surface area contributed by atoms with Crippen LogP contribution in [0.2, 0.25) is 0 Å². The second kappa shape index (κ2) is 5.14. The minimum Gasteiger partial charge on any atom is -0.496 e. The van der Waals surface area contributed by atoms with Gasteiger partial charge in [-0.3, -0.25) is 0 Å². The van der Waals surface area contributed by atoms with Gasteiger partial charge in [0.15, 0.2) is 0 Å². The molecule has 0 bridgehead atoms. The molecule has 3 nitrogen and oxygen atoms in total. The summed E-state index contributed by atoms with van der Waals surface area (Å²) in [5, 5.41) is 0. The summed E-state index contributed by atoms with van der Waals surface area (Å²) >= 11 is 0. The zero-order valence-corrected chi connectivity index (χ0v) is 9.83. The van der Waals surface area contributed by atoms with Gasteiger partial charge in [-0.25, -0.2) is 5.90 Å². The molecule has 0 spiro atoms. The average Bonchev–Trinajstić information content (AvgIpc) is 2.21. The molecule has 0 aliphatic carbocycles. The van der Waals surface area contributed by atoms with Gasteiger partial charge in [-0.1, -0.05) is 13.0 Å². The van der Waals surface area contributed by atoms with E-state index in [2.05, 4.69) is 37.7 Å². The lowest BCUT2D eigenvalue weighted by molar-refractivity contribution is 0.126. The Morgan fingerprint density at radius 1 is 1.27 bits per heavy atom. The van der Waals surface area contributed by atoms with Crippen molar-refractivity contribution >= 4 is 0 Å². The van der Waals surface area contributed by atoms with E-state index in [4.69, 9.17) is 10.6 Å². The Morgan fingerprint density at radius 2 is 1.87 bits per heavy atom. The Bertz CT molecular complexity index is 337. The van der Waals surface area contributed by atoms with Crippen molar-refractivity contribution < 1.29 is 9.57 Å². The number of methoxy groups -OCH3 is 1. The summed E-state index contributed by atoms with van der Waals surface area (Å²) in [7, 11) is 1.68. The van der Waals surface area contributed by atoms with E-state index in [0.29, 0.717) is 6.61 Å². The third-order valence-electron chi connectivity index (χ3n) is 2.72. The van der Waals surface area contributed by atoms with Crippen LogP contribution in [0.5, 0.6) is 5.75 Å². The third kappa shape index (κ3) is 2.70. The molecule has 0 radical (unpaired) electrons. The molecular formula is C12H19NO2. The van der Waals surface area contributed by atoms with Crippen LogP contribution in [-0.2, 0) is 4.84 Å². The second-order valence-corrected chi connectivity index (χ2v) is 3.91. The van der Waals surface area contributed by atoms with Crippen molar-refractivity contribution in [1.82, 2.24) is 0 Å². The maximum Gasteiger partial charge on any atom is 0.122 e. The van der Waals surface area contributed by atoms with Gasteiger partial charge in [0, 0.05) is 5.92 Å². The van der Waals surface area contributed by atoms with Crippen LogP contribution in [-0.4, -0.2) is 13.7 Å². The van der Waals surface area contributed by atoms with E-state index in [1.54, 1.807) is 7.11 Å². The fourth-order valence-corrected chi connectivity index (χ4v) is 1.61. The van der Waals surface area contributed by atoms with Gasteiger partial charge >= 0.3 is 0 Å². The summed E-state index contributed by atoms with van der Waals surface area (Å²) in [6, 6.07) is 4.19. The predicted octanol–water partition coefficient (Wildman–Crippen LogP) is 2.31. The highest BCUT2D eigenvalue weighted by molar-refractivity contribution is 5.43. The Hall–Kier alpha value is -1.06. The molecule has 0 aromatic heterocycles. The number of aryl methyl sites for hydroxylation is 2. The van der Waals surface area contributed by atoms with Gasteiger partial charge in [0.1, 0.15) is 5.75 Å². The minimum atomic E-state index is 0.240. The van der Waals surface area contributed by atoms with Gasteiger partial charge in [0.25, 0.3) is 0 Å². The summed E-state index contributed by atoms with van der Waals surface area (Å²) in [6.07, 6.45) is 0. The fourth-order valence-electron chi connectivity index (χ4n) is 1.61. The fraction of sp³-hybridized carbons (Fsp3) is 0.500. The molecule has 1 aromatic carbocycles. The van der Waals surface area contributed by atoms with Gasteiger partial charge in [-0.15, -0.1) is 0 Å². The van der Waals surface area contributed by atoms with Crippen LogP contribution in [0.4, 0.5) is 0 Å². The van der Waals surface area contributed by atoms with Gasteiger partial charge < -0.3 is 9.57 Å². The molecular weight excluding hydrogens is 190 g/mol. The average molecular weight is 209 g/mol. The molecule has 0 aliphatic heterocycles. The highest BCUT2D eigenvalue weighted by Gasteiger charge is 2.12. The first-order valence-corrected chi connectivity index (χ1v) is 5.07. The molecule has 15 heavy (non-hydrogen) atoms. The monoisotopic (exact) mass is 209 g/mol. The third-order valence-corrected chi connectivity index (χ3v) is 2.72. The van der Waals surface area contributed by atoms with Crippen LogP contribution in [0, 0.1) is 13.8 Å². The Balaban J connectivity index is 3.09. The number of ether oxygens (including phenoxy) is 1. The lowest BCUT2D eigenvalue weighted by Crippen LogP contribution is -2.10. The van der Waals surface area contributed by atoms with Crippen LogP contribution in [0.15, 0.2) is 12.1 Å². The quantitative estimate of drug-likeness (QED) is 0.774. The summed E-state index contributed by atoms with van der Waals surface area (Å²) in [4.78, 5) is 4.67. The molecule has 1 rings (SSSR count). The maximum absolute atomic E-state index is 5.35. The topological polar surface area (TPSA) is 44.5 Å². The Morgan fingerprint density at radius 3 is 2.40 bits per heavy atom. The van der Waals surface area contributed by atoms with Crippen molar-refractivity contribution in [3.63, 3.8) is 0 Å². The van der Waals surface area contributed by atoms with E-state index in [0.717, 1.165) is 11.3 Å². The molecule has 0 heterocycles. The number of hydrogen-bond donors (Lipinski definition) is 1. The van der Waals surface area contributed by atoms with Crippen molar-refractivity contribution in [3.8, 4) is 5.75 Å². The molecule has 1 atom stereocenters. The second-order valence-electron chi connectivity index (χ2n) is 3.91. The maximum atomic E-state index is 5.35. The Labute approximate surface area is 91.1 Å². The summed E-state index contributed by atoms with van der Waals surface area (Å²) in [5.41, 5.74) is 3.64. The molecule has 3 heteroatoms. The van der Waals surface area contributed by atoms with E-state index in [-0.39, 0.29) is 5.92 Å². The number of nitrogens with two attached hydrogens (primary N) is 1. The lowest BCUT2D eigenvalue weighted by atomic mass is 9.96. The molecule has 1 aromatic rings. The summed E-state index contributed by atoms with van der Waals surface area (Å²) < 4.78 is 5.35. The standard InChI is InChI=1S/C12H19NO2/c1-8-5-11(10(3)7-15-13)12(14-4)6-9(8)2/h5-6,10H,7,13H2,1-4H3. The van der Waals surface area contributed by atoms with Crippen LogP contribution in [0.3, 0.4) is 0 Å². The van der Waals surface area contributed by atoms with Gasteiger partial charge in [0.2, 0.25) is 0 Å². The van der Waals surface area contributed by atoms with Crippen molar-refractivity contribution in [2.24, 2.45) is 5.90 Å². The number of hydrogen-bond acceptors (Lipinski definition) is 3. The molecule has 0 amide bonds. The summed E-state index contributed by atoms with van der Waals surface area (Å²) in [5.74, 6) is 6.23. The minimum absolute atomic E-state index is 0.240. The zero-order valence-electron chi connectivity index (χ0n) is 9.83. The first-order valence-electron chi connectivity index (χ1n) is 5.07. The van der Waals surface area contributed by atoms with Crippen LogP contribution >= 0.6 is 0 Å². The smallest absolute Gasteiger partial charge is 0.122 e. The molecule has 0 saturated heterocycles. The molecule has 0 aliphatic rings. The van der Waals surface area contributed by atoms with Crippen LogP contribution < -0.4 is 10.6 Å². The molecule has 0 saturated carbocycles. The van der Waals surface area contributed by atoms with E-state index >= 15 is 0 Å². The number of rotatable bonds is 4. The zero-order chi connectivity index (χ0) is 11.4. The first-order chi connectivity index (χ1) is 7.10. The van der Waals surface area contributed by atoms with E-state index < -0.39 is 0 Å². The van der Waals surface area contributed by atoms with E-state index in [9.17, 15) is 0 Å². The van der Waals surface area contributed by atoms with Crippen molar-refractivity contribution in [1.29, 1.82) is 0 Å². The SMILES string of the molecule is COc1cc(C)c(C)cc1C(C)CON. The van der Waals surface area contributed by atoms with Crippen LogP contribution in [0.1, 0.15) is 29.5 Å².